The van der Waals surface area contributed by atoms with Crippen LogP contribution in [0.4, 0.5) is 5.69 Å². The quantitative estimate of drug-likeness (QED) is 0.406. The zero-order valence-corrected chi connectivity index (χ0v) is 13.0. The van der Waals surface area contributed by atoms with Gasteiger partial charge in [-0.25, -0.2) is 4.98 Å². The van der Waals surface area contributed by atoms with Crippen molar-refractivity contribution in [2.45, 2.75) is 4.90 Å². The van der Waals surface area contributed by atoms with Crippen molar-refractivity contribution < 1.29 is 4.79 Å². The summed E-state index contributed by atoms with van der Waals surface area (Å²) in [6.45, 7) is 0. The number of halogens is 1. The SMILES string of the molecule is O=Cc1cc(-c2cnc(Cl)c(NSc3ccccc3)c2)c[nH]1. The van der Waals surface area contributed by atoms with Gasteiger partial charge in [0.2, 0.25) is 0 Å². The van der Waals surface area contributed by atoms with Crippen LogP contribution in [0.5, 0.6) is 0 Å². The molecule has 0 unspecified atom stereocenters. The van der Waals surface area contributed by atoms with Gasteiger partial charge < -0.3 is 9.71 Å². The molecule has 0 aliphatic rings. The summed E-state index contributed by atoms with van der Waals surface area (Å²) in [5.74, 6) is 0. The lowest BCUT2D eigenvalue weighted by atomic mass is 10.1. The number of H-pyrrole nitrogens is 1. The maximum absolute atomic E-state index is 10.7. The Morgan fingerprint density at radius 1 is 1.18 bits per heavy atom. The van der Waals surface area contributed by atoms with E-state index in [0.717, 1.165) is 28.0 Å². The Balaban J connectivity index is 1.82. The number of nitrogens with zero attached hydrogens (tertiary/aromatic N) is 1. The molecule has 0 fully saturated rings. The zero-order valence-electron chi connectivity index (χ0n) is 11.4. The van der Waals surface area contributed by atoms with Crippen LogP contribution in [0.15, 0.2) is 59.8 Å². The topological polar surface area (TPSA) is 57.8 Å². The van der Waals surface area contributed by atoms with E-state index >= 15 is 0 Å². The van der Waals surface area contributed by atoms with Crippen molar-refractivity contribution in [3.63, 3.8) is 0 Å². The molecule has 1 aromatic carbocycles. The second kappa shape index (κ2) is 6.68. The summed E-state index contributed by atoms with van der Waals surface area (Å²) < 4.78 is 3.20. The molecular formula is C16H12ClN3OS. The Labute approximate surface area is 137 Å². The number of hydrogen-bond acceptors (Lipinski definition) is 4. The van der Waals surface area contributed by atoms with Gasteiger partial charge >= 0.3 is 0 Å². The van der Waals surface area contributed by atoms with Gasteiger partial charge in [0.05, 0.1) is 11.4 Å². The summed E-state index contributed by atoms with van der Waals surface area (Å²) >= 11 is 7.59. The summed E-state index contributed by atoms with van der Waals surface area (Å²) in [6, 6.07) is 13.6. The normalized spacial score (nSPS) is 10.4. The summed E-state index contributed by atoms with van der Waals surface area (Å²) in [5, 5.41) is 0.401. The molecule has 4 nitrogen and oxygen atoms in total. The minimum atomic E-state index is 0.401. The lowest BCUT2D eigenvalue weighted by Gasteiger charge is -2.08. The third-order valence-electron chi connectivity index (χ3n) is 3.03. The van der Waals surface area contributed by atoms with Crippen LogP contribution in [0.25, 0.3) is 11.1 Å². The first-order valence-corrected chi connectivity index (χ1v) is 7.73. The first kappa shape index (κ1) is 14.7. The Bertz CT molecular complexity index is 789. The molecule has 0 saturated heterocycles. The van der Waals surface area contributed by atoms with Gasteiger partial charge in [0, 0.05) is 28.4 Å². The van der Waals surface area contributed by atoms with Crippen molar-refractivity contribution in [2.75, 3.05) is 4.72 Å². The van der Waals surface area contributed by atoms with E-state index in [9.17, 15) is 4.79 Å². The minimum absolute atomic E-state index is 0.401. The minimum Gasteiger partial charge on any atom is -0.358 e. The highest BCUT2D eigenvalue weighted by molar-refractivity contribution is 8.00. The number of aldehydes is 1. The van der Waals surface area contributed by atoms with Crippen LogP contribution in [0, 0.1) is 0 Å². The van der Waals surface area contributed by atoms with Crippen LogP contribution < -0.4 is 4.72 Å². The number of nitrogens with one attached hydrogen (secondary N) is 2. The molecule has 0 saturated carbocycles. The van der Waals surface area contributed by atoms with Crippen LogP contribution in [0.2, 0.25) is 5.15 Å². The molecule has 0 bridgehead atoms. The monoisotopic (exact) mass is 329 g/mol. The average molecular weight is 330 g/mol. The molecule has 6 heteroatoms. The van der Waals surface area contributed by atoms with Crippen LogP contribution in [-0.4, -0.2) is 16.3 Å². The number of anilines is 1. The predicted octanol–water partition coefficient (Wildman–Crippen LogP) is 4.66. The van der Waals surface area contributed by atoms with E-state index in [1.807, 2.05) is 36.4 Å². The molecular weight excluding hydrogens is 318 g/mol. The van der Waals surface area contributed by atoms with Crippen molar-refractivity contribution in [1.82, 2.24) is 9.97 Å². The first-order chi connectivity index (χ1) is 10.8. The molecule has 3 rings (SSSR count). The Morgan fingerprint density at radius 3 is 2.73 bits per heavy atom. The number of benzene rings is 1. The number of pyridine rings is 1. The van der Waals surface area contributed by atoms with E-state index in [-0.39, 0.29) is 0 Å². The highest BCUT2D eigenvalue weighted by Gasteiger charge is 2.07. The van der Waals surface area contributed by atoms with Crippen molar-refractivity contribution in [3.8, 4) is 11.1 Å². The Hall–Kier alpha value is -2.24. The van der Waals surface area contributed by atoms with E-state index in [1.54, 1.807) is 18.5 Å². The molecule has 0 aliphatic carbocycles. The Morgan fingerprint density at radius 2 is 2.00 bits per heavy atom. The number of rotatable bonds is 5. The maximum Gasteiger partial charge on any atom is 0.166 e. The van der Waals surface area contributed by atoms with Crippen LogP contribution in [-0.2, 0) is 0 Å². The van der Waals surface area contributed by atoms with Crippen molar-refractivity contribution in [3.05, 3.63) is 65.7 Å². The van der Waals surface area contributed by atoms with E-state index in [1.165, 1.54) is 11.9 Å². The highest BCUT2D eigenvalue weighted by atomic mass is 35.5. The highest BCUT2D eigenvalue weighted by Crippen LogP contribution is 2.30. The molecule has 0 spiro atoms. The number of hydrogen-bond donors (Lipinski definition) is 2. The predicted molar refractivity (Wildman–Crippen MR) is 90.3 cm³/mol. The van der Waals surface area contributed by atoms with Gasteiger partial charge in [-0.2, -0.15) is 0 Å². The molecule has 3 aromatic rings. The molecule has 0 aliphatic heterocycles. The van der Waals surface area contributed by atoms with E-state index < -0.39 is 0 Å². The van der Waals surface area contributed by atoms with Gasteiger partial charge in [-0.05, 0) is 36.2 Å². The third kappa shape index (κ3) is 3.32. The van der Waals surface area contributed by atoms with Gasteiger partial charge in [0.1, 0.15) is 0 Å². The summed E-state index contributed by atoms with van der Waals surface area (Å²) in [7, 11) is 0. The summed E-state index contributed by atoms with van der Waals surface area (Å²) in [5.41, 5.74) is 3.02. The fraction of sp³-hybridized carbons (Fsp3) is 0. The van der Waals surface area contributed by atoms with Gasteiger partial charge in [-0.1, -0.05) is 29.8 Å². The van der Waals surface area contributed by atoms with Crippen molar-refractivity contribution in [2.24, 2.45) is 0 Å². The van der Waals surface area contributed by atoms with E-state index in [4.69, 9.17) is 11.6 Å². The second-order valence-electron chi connectivity index (χ2n) is 4.54. The van der Waals surface area contributed by atoms with Crippen molar-refractivity contribution in [1.29, 1.82) is 0 Å². The lowest BCUT2D eigenvalue weighted by Crippen LogP contribution is -1.91. The molecule has 0 radical (unpaired) electrons. The number of aromatic nitrogens is 2. The largest absolute Gasteiger partial charge is 0.358 e. The van der Waals surface area contributed by atoms with E-state index in [0.29, 0.717) is 10.8 Å². The fourth-order valence-electron chi connectivity index (χ4n) is 1.93. The Kier molecular flexibility index (Phi) is 4.46. The van der Waals surface area contributed by atoms with E-state index in [2.05, 4.69) is 14.7 Å². The molecule has 2 aromatic heterocycles. The average Bonchev–Trinajstić information content (AvgIpc) is 3.04. The van der Waals surface area contributed by atoms with Gasteiger partial charge in [-0.15, -0.1) is 0 Å². The van der Waals surface area contributed by atoms with Crippen LogP contribution in [0.3, 0.4) is 0 Å². The number of aromatic amines is 1. The molecule has 2 N–H and O–H groups in total. The number of carbonyl (C=O) groups excluding carboxylic acids is 1. The fourth-order valence-corrected chi connectivity index (χ4v) is 2.81. The van der Waals surface area contributed by atoms with Gasteiger partial charge in [-0.3, -0.25) is 4.79 Å². The van der Waals surface area contributed by atoms with Crippen molar-refractivity contribution >= 4 is 35.5 Å². The second-order valence-corrected chi connectivity index (χ2v) is 5.78. The molecule has 22 heavy (non-hydrogen) atoms. The third-order valence-corrected chi connectivity index (χ3v) is 4.16. The van der Waals surface area contributed by atoms with Crippen LogP contribution in [0.1, 0.15) is 10.5 Å². The number of carbonyl (C=O) groups is 1. The molecule has 0 amide bonds. The smallest absolute Gasteiger partial charge is 0.166 e. The lowest BCUT2D eigenvalue weighted by molar-refractivity contribution is 0.111. The molecule has 2 heterocycles. The zero-order chi connectivity index (χ0) is 15.4. The summed E-state index contributed by atoms with van der Waals surface area (Å²) in [4.78, 5) is 18.9. The van der Waals surface area contributed by atoms with Gasteiger partial charge in [0.15, 0.2) is 11.4 Å². The standard InChI is InChI=1S/C16H12ClN3OS/c17-16-15(20-22-14-4-2-1-3-5-14)7-12(9-19-16)11-6-13(10-21)18-8-11/h1-10,18,20H. The first-order valence-electron chi connectivity index (χ1n) is 6.53. The summed E-state index contributed by atoms with van der Waals surface area (Å²) in [6.07, 6.45) is 4.22. The van der Waals surface area contributed by atoms with Crippen LogP contribution >= 0.6 is 23.5 Å². The molecule has 0 atom stereocenters. The van der Waals surface area contributed by atoms with Gasteiger partial charge in [0.25, 0.3) is 0 Å². The molecule has 110 valence electrons. The maximum atomic E-state index is 10.7.